The molecule has 0 unspecified atom stereocenters. The Kier molecular flexibility index (Phi) is 4.98. The summed E-state index contributed by atoms with van der Waals surface area (Å²) in [5, 5.41) is 32.6. The van der Waals surface area contributed by atoms with Gasteiger partial charge in [-0.15, -0.1) is 0 Å². The predicted octanol–water partition coefficient (Wildman–Crippen LogP) is 3.01. The molecular weight excluding hydrogens is 348 g/mol. The molecule has 0 fully saturated rings. The van der Waals surface area contributed by atoms with Gasteiger partial charge in [-0.1, -0.05) is 12.1 Å². The van der Waals surface area contributed by atoms with Gasteiger partial charge in [-0.2, -0.15) is 5.10 Å². The highest BCUT2D eigenvalue weighted by atomic mass is 16.4. The summed E-state index contributed by atoms with van der Waals surface area (Å²) in [5.41, 5.74) is 4.21. The lowest BCUT2D eigenvalue weighted by Crippen LogP contribution is -2.00. The second-order valence-corrected chi connectivity index (χ2v) is 5.69. The Labute approximate surface area is 154 Å². The van der Waals surface area contributed by atoms with Crippen LogP contribution >= 0.6 is 0 Å². The van der Waals surface area contributed by atoms with Gasteiger partial charge >= 0.3 is 5.97 Å². The normalized spacial score (nSPS) is 10.9. The van der Waals surface area contributed by atoms with E-state index in [9.17, 15) is 15.0 Å². The molecule has 0 amide bonds. The number of aromatic hydroxyl groups is 2. The van der Waals surface area contributed by atoms with Crippen LogP contribution in [0.25, 0.3) is 11.4 Å². The van der Waals surface area contributed by atoms with Crippen molar-refractivity contribution in [3.63, 3.8) is 0 Å². The molecule has 3 aromatic rings. The van der Waals surface area contributed by atoms with Crippen molar-refractivity contribution < 1.29 is 20.1 Å². The first kappa shape index (κ1) is 17.9. The number of para-hydroxylation sites is 1. The summed E-state index contributed by atoms with van der Waals surface area (Å²) in [4.78, 5) is 19.7. The zero-order valence-electron chi connectivity index (χ0n) is 14.3. The van der Waals surface area contributed by atoms with Gasteiger partial charge in [0.05, 0.1) is 11.8 Å². The number of hydrogen-bond donors (Lipinski definition) is 4. The molecule has 1 heterocycles. The molecule has 0 aliphatic rings. The minimum Gasteiger partial charge on any atom is -0.507 e. The fourth-order valence-electron chi connectivity index (χ4n) is 2.39. The zero-order chi connectivity index (χ0) is 19.4. The number of carbonyl (C=O) groups is 1. The van der Waals surface area contributed by atoms with Crippen LogP contribution in [-0.4, -0.2) is 37.5 Å². The molecule has 1 aromatic heterocycles. The van der Waals surface area contributed by atoms with Crippen LogP contribution in [0.4, 0.5) is 5.82 Å². The quantitative estimate of drug-likeness (QED) is 0.405. The van der Waals surface area contributed by atoms with Crippen LogP contribution in [-0.2, 0) is 0 Å². The number of carboxylic acids is 1. The molecule has 0 saturated heterocycles. The third-order valence-corrected chi connectivity index (χ3v) is 3.64. The zero-order valence-corrected chi connectivity index (χ0v) is 14.3. The minimum atomic E-state index is -1.23. The number of hydrogen-bond acceptors (Lipinski definition) is 7. The molecule has 3 rings (SSSR count). The number of anilines is 1. The number of nitrogens with one attached hydrogen (secondary N) is 1. The average Bonchev–Trinajstić information content (AvgIpc) is 2.63. The van der Waals surface area contributed by atoms with E-state index in [1.165, 1.54) is 24.4 Å². The summed E-state index contributed by atoms with van der Waals surface area (Å²) in [6.45, 7) is 1.79. The van der Waals surface area contributed by atoms with E-state index in [0.29, 0.717) is 28.5 Å². The third-order valence-electron chi connectivity index (χ3n) is 3.64. The Hall–Kier alpha value is -3.94. The Morgan fingerprint density at radius 3 is 2.59 bits per heavy atom. The summed E-state index contributed by atoms with van der Waals surface area (Å²) in [6, 6.07) is 12.6. The maximum Gasteiger partial charge on any atom is 0.339 e. The third kappa shape index (κ3) is 4.18. The topological polar surface area (TPSA) is 128 Å². The highest BCUT2D eigenvalue weighted by Gasteiger charge is 2.10. The Bertz CT molecular complexity index is 1030. The van der Waals surface area contributed by atoms with Gasteiger partial charge in [0.1, 0.15) is 17.1 Å². The van der Waals surface area contributed by atoms with E-state index in [-0.39, 0.29) is 17.1 Å². The van der Waals surface area contributed by atoms with E-state index in [4.69, 9.17) is 5.11 Å². The minimum absolute atomic E-state index is 0.0721. The molecule has 0 aliphatic carbocycles. The van der Waals surface area contributed by atoms with E-state index in [1.807, 2.05) is 0 Å². The number of phenols is 2. The smallest absolute Gasteiger partial charge is 0.339 e. The lowest BCUT2D eigenvalue weighted by molar-refractivity contribution is 0.0693. The van der Waals surface area contributed by atoms with Crippen LogP contribution in [0, 0.1) is 6.92 Å². The molecule has 4 N–H and O–H groups in total. The maximum absolute atomic E-state index is 11.0. The summed E-state index contributed by atoms with van der Waals surface area (Å²) < 4.78 is 0. The average molecular weight is 364 g/mol. The molecule has 0 atom stereocenters. The fourth-order valence-corrected chi connectivity index (χ4v) is 2.39. The standard InChI is InChI=1S/C19H16N4O4/c1-11-8-17(22-18(21-11)13-4-2-3-5-15(13)24)23-20-10-12-6-7-16(25)14(9-12)19(26)27/h2-10,24-25H,1H3,(H,26,27)(H,21,22,23)/b20-10+. The predicted molar refractivity (Wildman–Crippen MR) is 100 cm³/mol. The molecule has 0 aliphatic heterocycles. The number of phenolic OH excluding ortho intramolecular Hbond substituents is 1. The highest BCUT2D eigenvalue weighted by Crippen LogP contribution is 2.26. The molecule has 0 bridgehead atoms. The number of nitrogens with zero attached hydrogens (tertiary/aromatic N) is 3. The van der Waals surface area contributed by atoms with E-state index in [0.717, 1.165) is 0 Å². The second-order valence-electron chi connectivity index (χ2n) is 5.69. The number of benzene rings is 2. The van der Waals surface area contributed by atoms with E-state index < -0.39 is 5.97 Å². The number of aryl methyl sites for hydroxylation is 1. The van der Waals surface area contributed by atoms with Crippen LogP contribution in [0.3, 0.4) is 0 Å². The second kappa shape index (κ2) is 7.52. The van der Waals surface area contributed by atoms with Crippen molar-refractivity contribution in [1.29, 1.82) is 0 Å². The molecule has 27 heavy (non-hydrogen) atoms. The number of aromatic carboxylic acids is 1. The van der Waals surface area contributed by atoms with Crippen LogP contribution in [0.1, 0.15) is 21.6 Å². The van der Waals surface area contributed by atoms with Crippen LogP contribution in [0.15, 0.2) is 53.6 Å². The number of carboxylic acid groups (broad SMARTS) is 1. The van der Waals surface area contributed by atoms with E-state index in [2.05, 4.69) is 20.5 Å². The summed E-state index contributed by atoms with van der Waals surface area (Å²) in [5.74, 6) is -0.707. The largest absolute Gasteiger partial charge is 0.507 e. The van der Waals surface area contributed by atoms with Gasteiger partial charge in [0.25, 0.3) is 0 Å². The number of aromatic nitrogens is 2. The van der Waals surface area contributed by atoms with E-state index >= 15 is 0 Å². The lowest BCUT2D eigenvalue weighted by Gasteiger charge is -2.07. The van der Waals surface area contributed by atoms with Crippen molar-refractivity contribution in [2.24, 2.45) is 5.10 Å². The van der Waals surface area contributed by atoms with E-state index in [1.54, 1.807) is 37.3 Å². The van der Waals surface area contributed by atoms with Crippen molar-refractivity contribution in [3.8, 4) is 22.9 Å². The van der Waals surface area contributed by atoms with Crippen molar-refractivity contribution in [2.45, 2.75) is 6.92 Å². The Morgan fingerprint density at radius 2 is 1.85 bits per heavy atom. The van der Waals surface area contributed by atoms with Crippen molar-refractivity contribution >= 4 is 18.0 Å². The first-order valence-corrected chi connectivity index (χ1v) is 7.93. The van der Waals surface area contributed by atoms with Gasteiger partial charge in [-0.25, -0.2) is 14.8 Å². The fraction of sp³-hybridized carbons (Fsp3) is 0.0526. The summed E-state index contributed by atoms with van der Waals surface area (Å²) >= 11 is 0. The van der Waals surface area contributed by atoms with Gasteiger partial charge in [-0.3, -0.25) is 5.43 Å². The molecule has 136 valence electrons. The first-order chi connectivity index (χ1) is 12.9. The van der Waals surface area contributed by atoms with Crippen molar-refractivity contribution in [1.82, 2.24) is 9.97 Å². The van der Waals surface area contributed by atoms with Crippen molar-refractivity contribution in [2.75, 3.05) is 5.43 Å². The molecule has 0 saturated carbocycles. The highest BCUT2D eigenvalue weighted by molar-refractivity contribution is 5.93. The maximum atomic E-state index is 11.0. The molecule has 2 aromatic carbocycles. The molecular formula is C19H16N4O4. The van der Waals surface area contributed by atoms with Gasteiger partial charge < -0.3 is 15.3 Å². The SMILES string of the molecule is Cc1cc(N/N=C/c2ccc(O)c(C(=O)O)c2)nc(-c2ccccc2O)n1. The molecule has 0 spiro atoms. The monoisotopic (exact) mass is 364 g/mol. The summed E-state index contributed by atoms with van der Waals surface area (Å²) in [7, 11) is 0. The Balaban J connectivity index is 1.83. The Morgan fingerprint density at radius 1 is 1.07 bits per heavy atom. The van der Waals surface area contributed by atoms with Crippen molar-refractivity contribution in [3.05, 3.63) is 65.4 Å². The van der Waals surface area contributed by atoms with Gasteiger partial charge in [0, 0.05) is 11.8 Å². The summed E-state index contributed by atoms with van der Waals surface area (Å²) in [6.07, 6.45) is 1.41. The van der Waals surface area contributed by atoms with Crippen LogP contribution < -0.4 is 5.43 Å². The lowest BCUT2D eigenvalue weighted by atomic mass is 10.1. The number of rotatable bonds is 5. The van der Waals surface area contributed by atoms with Crippen LogP contribution in [0.2, 0.25) is 0 Å². The molecule has 0 radical (unpaired) electrons. The number of hydrazone groups is 1. The van der Waals surface area contributed by atoms with Crippen LogP contribution in [0.5, 0.6) is 11.5 Å². The first-order valence-electron chi connectivity index (χ1n) is 7.93. The van der Waals surface area contributed by atoms with Gasteiger partial charge in [0.15, 0.2) is 11.6 Å². The van der Waals surface area contributed by atoms with Gasteiger partial charge in [0.2, 0.25) is 0 Å². The van der Waals surface area contributed by atoms with Gasteiger partial charge in [-0.05, 0) is 42.8 Å². The molecule has 8 heteroatoms. The molecule has 8 nitrogen and oxygen atoms in total.